The predicted octanol–water partition coefficient (Wildman–Crippen LogP) is 1.94. The van der Waals surface area contributed by atoms with Gasteiger partial charge in [0.1, 0.15) is 0 Å². The van der Waals surface area contributed by atoms with Crippen LogP contribution in [-0.4, -0.2) is 21.3 Å². The van der Waals surface area contributed by atoms with Crippen molar-refractivity contribution in [3.63, 3.8) is 0 Å². The van der Waals surface area contributed by atoms with Gasteiger partial charge < -0.3 is 9.67 Å². The van der Waals surface area contributed by atoms with Crippen LogP contribution in [0.25, 0.3) is 6.08 Å². The topological polar surface area (TPSA) is 38.0 Å². The lowest BCUT2D eigenvalue weighted by molar-refractivity contribution is 0.343. The van der Waals surface area contributed by atoms with Crippen LogP contribution < -0.4 is 0 Å². The summed E-state index contributed by atoms with van der Waals surface area (Å²) in [6.45, 7) is 0.895. The van der Waals surface area contributed by atoms with Crippen molar-refractivity contribution in [3.8, 4) is 0 Å². The van der Waals surface area contributed by atoms with E-state index in [1.54, 1.807) is 18.6 Å². The fourth-order valence-corrected chi connectivity index (χ4v) is 1.58. The van der Waals surface area contributed by atoms with E-state index in [0.29, 0.717) is 0 Å². The molecule has 0 fully saturated rings. The summed E-state index contributed by atoms with van der Waals surface area (Å²) in [4.78, 5) is 4.01. The standard InChI is InChI=1S/C13H14N2O/c16-8-2-5-12-3-1-4-13(9-12)10-15-7-6-14-11-15/h1-7,9,11,16H,8,10H2. The number of rotatable bonds is 4. The Kier molecular flexibility index (Phi) is 3.51. The van der Waals surface area contributed by atoms with Crippen LogP contribution in [0.1, 0.15) is 11.1 Å². The summed E-state index contributed by atoms with van der Waals surface area (Å²) in [5.41, 5.74) is 2.32. The van der Waals surface area contributed by atoms with Crippen LogP contribution in [0.15, 0.2) is 49.1 Å². The van der Waals surface area contributed by atoms with Crippen LogP contribution in [0.2, 0.25) is 0 Å². The largest absolute Gasteiger partial charge is 0.392 e. The Balaban J connectivity index is 2.13. The zero-order valence-corrected chi connectivity index (χ0v) is 8.95. The molecule has 3 nitrogen and oxygen atoms in total. The summed E-state index contributed by atoms with van der Waals surface area (Å²) in [7, 11) is 0. The number of nitrogens with zero attached hydrogens (tertiary/aromatic N) is 2. The average Bonchev–Trinajstić information content (AvgIpc) is 2.80. The van der Waals surface area contributed by atoms with Crippen molar-refractivity contribution in [1.29, 1.82) is 0 Å². The van der Waals surface area contributed by atoms with Gasteiger partial charge in [-0.1, -0.05) is 30.4 Å². The monoisotopic (exact) mass is 214 g/mol. The van der Waals surface area contributed by atoms with Gasteiger partial charge in [-0.15, -0.1) is 0 Å². The van der Waals surface area contributed by atoms with Crippen molar-refractivity contribution in [2.45, 2.75) is 6.54 Å². The fraction of sp³-hybridized carbons (Fsp3) is 0.154. The second-order valence-electron chi connectivity index (χ2n) is 3.56. The highest BCUT2D eigenvalue weighted by atomic mass is 16.2. The number of hydrogen-bond acceptors (Lipinski definition) is 2. The normalized spacial score (nSPS) is 11.1. The van der Waals surface area contributed by atoms with Crippen LogP contribution in [0.3, 0.4) is 0 Å². The van der Waals surface area contributed by atoms with Crippen LogP contribution in [0, 0.1) is 0 Å². The Morgan fingerprint density at radius 1 is 1.38 bits per heavy atom. The van der Waals surface area contributed by atoms with Gasteiger partial charge in [-0.2, -0.15) is 0 Å². The van der Waals surface area contributed by atoms with Gasteiger partial charge in [-0.3, -0.25) is 0 Å². The molecule has 3 heteroatoms. The first-order valence-electron chi connectivity index (χ1n) is 5.20. The summed E-state index contributed by atoms with van der Waals surface area (Å²) >= 11 is 0. The Labute approximate surface area is 94.7 Å². The van der Waals surface area contributed by atoms with E-state index in [4.69, 9.17) is 5.11 Å². The molecule has 2 aromatic rings. The molecule has 0 atom stereocenters. The smallest absolute Gasteiger partial charge is 0.0949 e. The van der Waals surface area contributed by atoms with E-state index >= 15 is 0 Å². The minimum absolute atomic E-state index is 0.0751. The molecule has 0 aliphatic heterocycles. The molecule has 16 heavy (non-hydrogen) atoms. The van der Waals surface area contributed by atoms with Crippen molar-refractivity contribution >= 4 is 6.08 Å². The molecule has 0 unspecified atom stereocenters. The van der Waals surface area contributed by atoms with E-state index < -0.39 is 0 Å². The number of imidazole rings is 1. The molecule has 1 aromatic heterocycles. The van der Waals surface area contributed by atoms with E-state index in [-0.39, 0.29) is 6.61 Å². The van der Waals surface area contributed by atoms with Gasteiger partial charge >= 0.3 is 0 Å². The molecule has 1 N–H and O–H groups in total. The van der Waals surface area contributed by atoms with E-state index in [0.717, 1.165) is 12.1 Å². The lowest BCUT2D eigenvalue weighted by atomic mass is 10.1. The maximum Gasteiger partial charge on any atom is 0.0949 e. The quantitative estimate of drug-likeness (QED) is 0.844. The zero-order chi connectivity index (χ0) is 11.2. The van der Waals surface area contributed by atoms with Gasteiger partial charge in [0.15, 0.2) is 0 Å². The third kappa shape index (κ3) is 2.81. The average molecular weight is 214 g/mol. The first-order chi connectivity index (χ1) is 7.88. The Hall–Kier alpha value is -1.87. The van der Waals surface area contributed by atoms with Crippen LogP contribution >= 0.6 is 0 Å². The van der Waals surface area contributed by atoms with Gasteiger partial charge in [0.25, 0.3) is 0 Å². The number of aliphatic hydroxyl groups is 1. The lowest BCUT2D eigenvalue weighted by Crippen LogP contribution is -1.96. The van der Waals surface area contributed by atoms with E-state index in [1.165, 1.54) is 5.56 Å². The van der Waals surface area contributed by atoms with Crippen molar-refractivity contribution in [2.24, 2.45) is 0 Å². The highest BCUT2D eigenvalue weighted by Gasteiger charge is 1.95. The fourth-order valence-electron chi connectivity index (χ4n) is 1.58. The van der Waals surface area contributed by atoms with E-state index in [9.17, 15) is 0 Å². The zero-order valence-electron chi connectivity index (χ0n) is 8.95. The molecule has 0 aliphatic rings. The summed E-state index contributed by atoms with van der Waals surface area (Å²) in [6, 6.07) is 8.22. The van der Waals surface area contributed by atoms with Crippen LogP contribution in [0.5, 0.6) is 0 Å². The van der Waals surface area contributed by atoms with Crippen LogP contribution in [0.4, 0.5) is 0 Å². The third-order valence-corrected chi connectivity index (χ3v) is 2.29. The van der Waals surface area contributed by atoms with Gasteiger partial charge in [0.05, 0.1) is 12.9 Å². The molecule has 0 saturated carbocycles. The van der Waals surface area contributed by atoms with Crippen molar-refractivity contribution in [2.75, 3.05) is 6.61 Å². The predicted molar refractivity (Wildman–Crippen MR) is 63.9 cm³/mol. The maximum atomic E-state index is 8.71. The molecule has 1 aromatic carbocycles. The summed E-state index contributed by atoms with van der Waals surface area (Å²) < 4.78 is 2.02. The summed E-state index contributed by atoms with van der Waals surface area (Å²) in [6.07, 6.45) is 9.16. The summed E-state index contributed by atoms with van der Waals surface area (Å²) in [5.74, 6) is 0. The molecule has 82 valence electrons. The minimum Gasteiger partial charge on any atom is -0.392 e. The lowest BCUT2D eigenvalue weighted by Gasteiger charge is -2.03. The molecule has 0 spiro atoms. The second kappa shape index (κ2) is 5.28. The van der Waals surface area contributed by atoms with Crippen molar-refractivity contribution < 1.29 is 5.11 Å². The molecule has 1 heterocycles. The number of aliphatic hydroxyl groups excluding tert-OH is 1. The van der Waals surface area contributed by atoms with Gasteiger partial charge in [0, 0.05) is 18.9 Å². The Morgan fingerprint density at radius 2 is 2.31 bits per heavy atom. The SMILES string of the molecule is OCC=Cc1cccc(Cn2ccnc2)c1. The van der Waals surface area contributed by atoms with Gasteiger partial charge in [0.2, 0.25) is 0 Å². The first-order valence-corrected chi connectivity index (χ1v) is 5.20. The van der Waals surface area contributed by atoms with E-state index in [1.807, 2.05) is 29.0 Å². The summed E-state index contributed by atoms with van der Waals surface area (Å²) in [5, 5.41) is 8.71. The maximum absolute atomic E-state index is 8.71. The number of aromatic nitrogens is 2. The van der Waals surface area contributed by atoms with Crippen molar-refractivity contribution in [3.05, 3.63) is 60.2 Å². The molecular formula is C13H14N2O. The minimum atomic E-state index is 0.0751. The van der Waals surface area contributed by atoms with E-state index in [2.05, 4.69) is 17.1 Å². The molecule has 0 radical (unpaired) electrons. The Morgan fingerprint density at radius 3 is 3.06 bits per heavy atom. The van der Waals surface area contributed by atoms with Crippen molar-refractivity contribution in [1.82, 2.24) is 9.55 Å². The highest BCUT2D eigenvalue weighted by Crippen LogP contribution is 2.08. The highest BCUT2D eigenvalue weighted by molar-refractivity contribution is 5.50. The molecule has 0 amide bonds. The second-order valence-corrected chi connectivity index (χ2v) is 3.56. The number of hydrogen-bond donors (Lipinski definition) is 1. The molecule has 0 aliphatic carbocycles. The first kappa shape index (κ1) is 10.6. The number of benzene rings is 1. The van der Waals surface area contributed by atoms with Crippen LogP contribution in [-0.2, 0) is 6.54 Å². The third-order valence-electron chi connectivity index (χ3n) is 2.29. The molecule has 0 bridgehead atoms. The molecule has 2 rings (SSSR count). The van der Waals surface area contributed by atoms with Gasteiger partial charge in [-0.05, 0) is 17.2 Å². The van der Waals surface area contributed by atoms with Gasteiger partial charge in [-0.25, -0.2) is 4.98 Å². The molecule has 0 saturated heterocycles. The Bertz CT molecular complexity index is 461. The molecular weight excluding hydrogens is 200 g/mol.